The minimum Gasteiger partial charge on any atom is -0.474 e. The summed E-state index contributed by atoms with van der Waals surface area (Å²) < 4.78 is 10.4. The summed E-state index contributed by atoms with van der Waals surface area (Å²) >= 11 is 0. The van der Waals surface area contributed by atoms with Crippen LogP contribution in [0, 0.1) is 0 Å². The SMILES string of the molecule is CC(=O)OCC(=O)N1CCOc2ncc(Nc3ccc(-c4ccc(C(=O)N(C)C)cc4)cn3)cc21. The number of carbonyl (C=O) groups is 3. The Kier molecular flexibility index (Phi) is 6.91. The van der Waals surface area contributed by atoms with E-state index in [1.54, 1.807) is 44.7 Å². The molecule has 2 aromatic heterocycles. The van der Waals surface area contributed by atoms with E-state index in [0.717, 1.165) is 11.1 Å². The van der Waals surface area contributed by atoms with Gasteiger partial charge in [0.15, 0.2) is 6.61 Å². The van der Waals surface area contributed by atoms with Crippen molar-refractivity contribution >= 4 is 35.0 Å². The number of nitrogens with one attached hydrogen (secondary N) is 1. The van der Waals surface area contributed by atoms with Gasteiger partial charge >= 0.3 is 5.97 Å². The van der Waals surface area contributed by atoms with Crippen LogP contribution in [0.5, 0.6) is 5.88 Å². The van der Waals surface area contributed by atoms with Crippen molar-refractivity contribution < 1.29 is 23.9 Å². The molecule has 0 fully saturated rings. The van der Waals surface area contributed by atoms with E-state index in [2.05, 4.69) is 15.3 Å². The molecule has 1 aliphatic heterocycles. The average molecular weight is 476 g/mol. The first kappa shape index (κ1) is 23.7. The Bertz CT molecular complexity index is 1240. The van der Waals surface area contributed by atoms with Crippen LogP contribution in [0.15, 0.2) is 54.9 Å². The first-order valence-electron chi connectivity index (χ1n) is 10.9. The van der Waals surface area contributed by atoms with Gasteiger partial charge in [-0.25, -0.2) is 9.97 Å². The second-order valence-electron chi connectivity index (χ2n) is 8.06. The number of carbonyl (C=O) groups excluding carboxylic acids is 3. The molecule has 1 N–H and O–H groups in total. The minimum atomic E-state index is -0.520. The fraction of sp³-hybridized carbons (Fsp3) is 0.240. The monoisotopic (exact) mass is 475 g/mol. The van der Waals surface area contributed by atoms with Crippen LogP contribution in [0.1, 0.15) is 17.3 Å². The Labute approximate surface area is 202 Å². The molecule has 0 aliphatic carbocycles. The fourth-order valence-corrected chi connectivity index (χ4v) is 3.52. The number of aromatic nitrogens is 2. The second-order valence-corrected chi connectivity index (χ2v) is 8.06. The fourth-order valence-electron chi connectivity index (χ4n) is 3.52. The molecule has 0 saturated heterocycles. The molecule has 1 aliphatic rings. The van der Waals surface area contributed by atoms with Crippen LogP contribution < -0.4 is 15.0 Å². The third-order valence-electron chi connectivity index (χ3n) is 5.28. The summed E-state index contributed by atoms with van der Waals surface area (Å²) in [5, 5.41) is 3.18. The summed E-state index contributed by atoms with van der Waals surface area (Å²) in [4.78, 5) is 47.4. The van der Waals surface area contributed by atoms with E-state index in [-0.39, 0.29) is 18.4 Å². The molecule has 0 atom stereocenters. The van der Waals surface area contributed by atoms with Gasteiger partial charge in [0.2, 0.25) is 5.88 Å². The van der Waals surface area contributed by atoms with Crippen molar-refractivity contribution in [3.8, 4) is 17.0 Å². The van der Waals surface area contributed by atoms with E-state index in [0.29, 0.717) is 41.8 Å². The van der Waals surface area contributed by atoms with Gasteiger partial charge in [-0.1, -0.05) is 12.1 Å². The predicted octanol–water partition coefficient (Wildman–Crippen LogP) is 2.88. The lowest BCUT2D eigenvalue weighted by Gasteiger charge is -2.28. The maximum atomic E-state index is 12.5. The van der Waals surface area contributed by atoms with Crippen LogP contribution in [0.2, 0.25) is 0 Å². The van der Waals surface area contributed by atoms with Gasteiger partial charge in [0, 0.05) is 38.3 Å². The molecule has 3 heterocycles. The lowest BCUT2D eigenvalue weighted by Crippen LogP contribution is -2.40. The summed E-state index contributed by atoms with van der Waals surface area (Å²) in [6.07, 6.45) is 3.32. The van der Waals surface area contributed by atoms with Crippen LogP contribution in [0.3, 0.4) is 0 Å². The van der Waals surface area contributed by atoms with Gasteiger partial charge in [-0.15, -0.1) is 0 Å². The molecule has 10 nitrogen and oxygen atoms in total. The molecule has 0 saturated carbocycles. The van der Waals surface area contributed by atoms with Gasteiger partial charge in [0.1, 0.15) is 18.1 Å². The van der Waals surface area contributed by atoms with Gasteiger partial charge < -0.3 is 24.6 Å². The maximum absolute atomic E-state index is 12.5. The zero-order valence-corrected chi connectivity index (χ0v) is 19.6. The molecule has 0 bridgehead atoms. The Morgan fingerprint density at radius 3 is 2.46 bits per heavy atom. The number of nitrogens with zero attached hydrogens (tertiary/aromatic N) is 4. The molecule has 3 aromatic rings. The number of anilines is 3. The molecule has 1 aromatic carbocycles. The summed E-state index contributed by atoms with van der Waals surface area (Å²) in [6, 6.07) is 12.8. The number of rotatable bonds is 6. The molecule has 0 unspecified atom stereocenters. The lowest BCUT2D eigenvalue weighted by atomic mass is 10.1. The summed E-state index contributed by atoms with van der Waals surface area (Å²) in [5.41, 5.74) is 3.57. The van der Waals surface area contributed by atoms with E-state index in [4.69, 9.17) is 9.47 Å². The highest BCUT2D eigenvalue weighted by Crippen LogP contribution is 2.33. The van der Waals surface area contributed by atoms with E-state index < -0.39 is 5.97 Å². The zero-order chi connectivity index (χ0) is 24.9. The van der Waals surface area contributed by atoms with Crippen LogP contribution in [0.25, 0.3) is 11.1 Å². The molecule has 0 spiro atoms. The van der Waals surface area contributed by atoms with E-state index in [1.165, 1.54) is 16.7 Å². The van der Waals surface area contributed by atoms with E-state index in [9.17, 15) is 14.4 Å². The number of amides is 2. The van der Waals surface area contributed by atoms with Crippen LogP contribution >= 0.6 is 0 Å². The van der Waals surface area contributed by atoms with Crippen molar-refractivity contribution in [2.45, 2.75) is 6.92 Å². The summed E-state index contributed by atoms with van der Waals surface area (Å²) in [5.74, 6) is -0.0100. The zero-order valence-electron chi connectivity index (χ0n) is 19.6. The quantitative estimate of drug-likeness (QED) is 0.542. The van der Waals surface area contributed by atoms with Crippen molar-refractivity contribution in [1.29, 1.82) is 0 Å². The molecule has 180 valence electrons. The van der Waals surface area contributed by atoms with Gasteiger partial charge in [-0.05, 0) is 35.9 Å². The topological polar surface area (TPSA) is 114 Å². The highest BCUT2D eigenvalue weighted by atomic mass is 16.5. The van der Waals surface area contributed by atoms with Gasteiger partial charge in [0.05, 0.1) is 18.4 Å². The Balaban J connectivity index is 1.47. The molecule has 0 radical (unpaired) electrons. The predicted molar refractivity (Wildman–Crippen MR) is 130 cm³/mol. The van der Waals surface area contributed by atoms with Crippen LogP contribution in [0.4, 0.5) is 17.2 Å². The molecule has 4 rings (SSSR count). The first-order valence-corrected chi connectivity index (χ1v) is 10.9. The molecular weight excluding hydrogens is 450 g/mol. The van der Waals surface area contributed by atoms with Crippen molar-refractivity contribution in [2.75, 3.05) is 44.1 Å². The van der Waals surface area contributed by atoms with Crippen molar-refractivity contribution in [3.05, 3.63) is 60.4 Å². The highest BCUT2D eigenvalue weighted by Gasteiger charge is 2.26. The molecule has 35 heavy (non-hydrogen) atoms. The number of esters is 1. The second kappa shape index (κ2) is 10.2. The average Bonchev–Trinajstić information content (AvgIpc) is 2.87. The Morgan fingerprint density at radius 2 is 1.80 bits per heavy atom. The third kappa shape index (κ3) is 5.55. The van der Waals surface area contributed by atoms with Crippen molar-refractivity contribution in [3.63, 3.8) is 0 Å². The molecule has 10 heteroatoms. The normalized spacial score (nSPS) is 12.3. The first-order chi connectivity index (χ1) is 16.8. The van der Waals surface area contributed by atoms with Gasteiger partial charge in [-0.2, -0.15) is 0 Å². The van der Waals surface area contributed by atoms with Crippen LogP contribution in [-0.2, 0) is 14.3 Å². The number of ether oxygens (including phenoxy) is 2. The van der Waals surface area contributed by atoms with Gasteiger partial charge in [0.25, 0.3) is 11.8 Å². The lowest BCUT2D eigenvalue weighted by molar-refractivity contribution is -0.145. The smallest absolute Gasteiger partial charge is 0.303 e. The van der Waals surface area contributed by atoms with Gasteiger partial charge in [-0.3, -0.25) is 14.4 Å². The van der Waals surface area contributed by atoms with Crippen molar-refractivity contribution in [1.82, 2.24) is 14.9 Å². The largest absolute Gasteiger partial charge is 0.474 e. The maximum Gasteiger partial charge on any atom is 0.303 e. The molecule has 2 amide bonds. The van der Waals surface area contributed by atoms with Crippen molar-refractivity contribution in [2.24, 2.45) is 0 Å². The number of benzene rings is 1. The number of hydrogen-bond acceptors (Lipinski definition) is 8. The Hall–Kier alpha value is -4.47. The van der Waals surface area contributed by atoms with E-state index in [1.807, 2.05) is 24.3 Å². The van der Waals surface area contributed by atoms with Crippen LogP contribution in [-0.4, -0.2) is 66.5 Å². The number of pyridine rings is 2. The number of fused-ring (bicyclic) bond motifs is 1. The highest BCUT2D eigenvalue weighted by molar-refractivity contribution is 5.97. The molecular formula is C25H25N5O5. The summed E-state index contributed by atoms with van der Waals surface area (Å²) in [6.45, 7) is 1.53. The Morgan fingerprint density at radius 1 is 1.06 bits per heavy atom. The standard InChI is InChI=1S/C25H25N5O5/c1-16(31)35-15-23(32)30-10-11-34-24-21(30)12-20(14-27-24)28-22-9-8-19(13-26-22)17-4-6-18(7-5-17)25(33)29(2)3/h4-9,12-14H,10-11,15H2,1-3H3,(H,26,28). The minimum absolute atomic E-state index is 0.0510. The third-order valence-corrected chi connectivity index (χ3v) is 5.28. The van der Waals surface area contributed by atoms with E-state index >= 15 is 0 Å². The number of hydrogen-bond donors (Lipinski definition) is 1. The summed E-state index contributed by atoms with van der Waals surface area (Å²) in [7, 11) is 3.44.